The SMILES string of the molecule is OC[C@@H](c1ccccc1)N(C/C=C/c1ccccc1)Cc1ccccc1. The molecule has 0 saturated carbocycles. The molecule has 1 N–H and O–H groups in total. The minimum atomic E-state index is -0.0307. The standard InChI is InChI=1S/C24H25NO/c26-20-24(23-16-8-3-9-17-23)25(19-22-13-6-2-7-14-22)18-10-15-21-11-4-1-5-12-21/h1-17,24,26H,18-20H2/b15-10+/t24-/m0/s1. The van der Waals surface area contributed by atoms with Crippen LogP contribution in [0.25, 0.3) is 6.08 Å². The average molecular weight is 343 g/mol. The summed E-state index contributed by atoms with van der Waals surface area (Å²) in [5.41, 5.74) is 3.57. The number of hydrogen-bond donors (Lipinski definition) is 1. The van der Waals surface area contributed by atoms with Gasteiger partial charge >= 0.3 is 0 Å². The smallest absolute Gasteiger partial charge is 0.0628 e. The van der Waals surface area contributed by atoms with E-state index < -0.39 is 0 Å². The molecule has 3 rings (SSSR count). The van der Waals surface area contributed by atoms with Crippen molar-refractivity contribution in [3.63, 3.8) is 0 Å². The summed E-state index contributed by atoms with van der Waals surface area (Å²) >= 11 is 0. The summed E-state index contributed by atoms with van der Waals surface area (Å²) in [6, 6.07) is 30.9. The van der Waals surface area contributed by atoms with Crippen molar-refractivity contribution in [3.05, 3.63) is 114 Å². The van der Waals surface area contributed by atoms with E-state index in [0.717, 1.165) is 18.7 Å². The van der Waals surface area contributed by atoms with E-state index in [2.05, 4.69) is 65.6 Å². The van der Waals surface area contributed by atoms with E-state index in [1.807, 2.05) is 42.5 Å². The molecule has 0 aliphatic heterocycles. The minimum Gasteiger partial charge on any atom is -0.394 e. The average Bonchev–Trinajstić information content (AvgIpc) is 2.71. The third-order valence-electron chi connectivity index (χ3n) is 4.48. The summed E-state index contributed by atoms with van der Waals surface area (Å²) in [6.07, 6.45) is 4.31. The fraction of sp³-hybridized carbons (Fsp3) is 0.167. The first-order chi connectivity index (χ1) is 12.9. The molecule has 0 aliphatic carbocycles. The van der Waals surface area contributed by atoms with Crippen LogP contribution in [0.2, 0.25) is 0 Å². The molecule has 0 radical (unpaired) electrons. The van der Waals surface area contributed by atoms with Crippen molar-refractivity contribution in [2.45, 2.75) is 12.6 Å². The fourth-order valence-electron chi connectivity index (χ4n) is 3.12. The van der Waals surface area contributed by atoms with Crippen LogP contribution in [0, 0.1) is 0 Å². The van der Waals surface area contributed by atoms with Crippen LogP contribution < -0.4 is 0 Å². The normalized spacial score (nSPS) is 12.5. The summed E-state index contributed by atoms with van der Waals surface area (Å²) in [5, 5.41) is 10.1. The maximum absolute atomic E-state index is 10.1. The van der Waals surface area contributed by atoms with Crippen LogP contribution in [0.5, 0.6) is 0 Å². The zero-order valence-electron chi connectivity index (χ0n) is 14.9. The van der Waals surface area contributed by atoms with Gasteiger partial charge in [0.2, 0.25) is 0 Å². The summed E-state index contributed by atoms with van der Waals surface area (Å²) in [4.78, 5) is 2.31. The van der Waals surface area contributed by atoms with Crippen molar-refractivity contribution < 1.29 is 5.11 Å². The Bertz CT molecular complexity index is 784. The Morgan fingerprint density at radius 1 is 0.769 bits per heavy atom. The van der Waals surface area contributed by atoms with Crippen LogP contribution >= 0.6 is 0 Å². The highest BCUT2D eigenvalue weighted by atomic mass is 16.3. The van der Waals surface area contributed by atoms with E-state index in [1.54, 1.807) is 0 Å². The first-order valence-electron chi connectivity index (χ1n) is 9.02. The lowest BCUT2D eigenvalue weighted by atomic mass is 10.0. The molecule has 0 amide bonds. The van der Waals surface area contributed by atoms with Gasteiger partial charge in [-0.15, -0.1) is 0 Å². The van der Waals surface area contributed by atoms with Gasteiger partial charge in [0.05, 0.1) is 12.6 Å². The third kappa shape index (κ3) is 5.16. The lowest BCUT2D eigenvalue weighted by Crippen LogP contribution is -2.31. The first-order valence-corrected chi connectivity index (χ1v) is 9.02. The number of rotatable bonds is 8. The fourth-order valence-corrected chi connectivity index (χ4v) is 3.12. The lowest BCUT2D eigenvalue weighted by molar-refractivity contribution is 0.128. The molecule has 3 aromatic carbocycles. The molecule has 132 valence electrons. The van der Waals surface area contributed by atoms with Gasteiger partial charge in [-0.2, -0.15) is 0 Å². The van der Waals surface area contributed by atoms with Gasteiger partial charge in [0.1, 0.15) is 0 Å². The summed E-state index contributed by atoms with van der Waals surface area (Å²) < 4.78 is 0. The second-order valence-corrected chi connectivity index (χ2v) is 6.34. The van der Waals surface area contributed by atoms with Gasteiger partial charge in [-0.25, -0.2) is 0 Å². The molecular weight excluding hydrogens is 318 g/mol. The molecular formula is C24H25NO. The van der Waals surface area contributed by atoms with Crippen molar-refractivity contribution in [1.82, 2.24) is 4.90 Å². The molecule has 0 spiro atoms. The van der Waals surface area contributed by atoms with E-state index in [1.165, 1.54) is 11.1 Å². The summed E-state index contributed by atoms with van der Waals surface area (Å²) in [6.45, 7) is 1.65. The zero-order valence-corrected chi connectivity index (χ0v) is 14.9. The number of aliphatic hydroxyl groups excluding tert-OH is 1. The van der Waals surface area contributed by atoms with E-state index >= 15 is 0 Å². The molecule has 2 nitrogen and oxygen atoms in total. The highest BCUT2D eigenvalue weighted by Gasteiger charge is 2.18. The Hall–Kier alpha value is -2.68. The van der Waals surface area contributed by atoms with Crippen LogP contribution in [-0.4, -0.2) is 23.2 Å². The quantitative estimate of drug-likeness (QED) is 0.626. The predicted octanol–water partition coefficient (Wildman–Crippen LogP) is 4.94. The van der Waals surface area contributed by atoms with Crippen molar-refractivity contribution in [2.24, 2.45) is 0 Å². The van der Waals surface area contributed by atoms with Crippen LogP contribution in [-0.2, 0) is 6.54 Å². The molecule has 0 bridgehead atoms. The Balaban J connectivity index is 1.79. The summed E-state index contributed by atoms with van der Waals surface area (Å²) in [7, 11) is 0. The van der Waals surface area contributed by atoms with Crippen LogP contribution in [0.4, 0.5) is 0 Å². The van der Waals surface area contributed by atoms with E-state index in [4.69, 9.17) is 0 Å². The van der Waals surface area contributed by atoms with Gasteiger partial charge in [0.25, 0.3) is 0 Å². The largest absolute Gasteiger partial charge is 0.394 e. The summed E-state index contributed by atoms with van der Waals surface area (Å²) in [5.74, 6) is 0. The third-order valence-corrected chi connectivity index (χ3v) is 4.48. The van der Waals surface area contributed by atoms with Crippen molar-refractivity contribution >= 4 is 6.08 Å². The Kier molecular flexibility index (Phi) is 6.77. The van der Waals surface area contributed by atoms with Crippen LogP contribution in [0.15, 0.2) is 97.1 Å². The maximum Gasteiger partial charge on any atom is 0.0628 e. The Morgan fingerprint density at radius 3 is 1.96 bits per heavy atom. The highest BCUT2D eigenvalue weighted by Crippen LogP contribution is 2.22. The monoisotopic (exact) mass is 343 g/mol. The van der Waals surface area contributed by atoms with Crippen LogP contribution in [0.3, 0.4) is 0 Å². The van der Waals surface area contributed by atoms with Gasteiger partial charge in [0.15, 0.2) is 0 Å². The Morgan fingerprint density at radius 2 is 1.35 bits per heavy atom. The molecule has 0 unspecified atom stereocenters. The maximum atomic E-state index is 10.1. The number of aliphatic hydroxyl groups is 1. The molecule has 2 heteroatoms. The van der Waals surface area contributed by atoms with Crippen LogP contribution in [0.1, 0.15) is 22.7 Å². The zero-order chi connectivity index (χ0) is 18.0. The number of nitrogens with zero attached hydrogens (tertiary/aromatic N) is 1. The molecule has 0 heterocycles. The molecule has 0 aromatic heterocycles. The van der Waals surface area contributed by atoms with Gasteiger partial charge in [-0.1, -0.05) is 103 Å². The molecule has 0 fully saturated rings. The van der Waals surface area contributed by atoms with Crippen molar-refractivity contribution in [1.29, 1.82) is 0 Å². The predicted molar refractivity (Wildman–Crippen MR) is 109 cm³/mol. The first kappa shape index (κ1) is 18.1. The van der Waals surface area contributed by atoms with Gasteiger partial charge < -0.3 is 5.11 Å². The molecule has 3 aromatic rings. The lowest BCUT2D eigenvalue weighted by Gasteiger charge is -2.30. The van der Waals surface area contributed by atoms with Gasteiger partial charge in [-0.3, -0.25) is 4.90 Å². The second-order valence-electron chi connectivity index (χ2n) is 6.34. The number of hydrogen-bond acceptors (Lipinski definition) is 2. The highest BCUT2D eigenvalue weighted by molar-refractivity contribution is 5.48. The van der Waals surface area contributed by atoms with E-state index in [-0.39, 0.29) is 12.6 Å². The topological polar surface area (TPSA) is 23.5 Å². The molecule has 26 heavy (non-hydrogen) atoms. The van der Waals surface area contributed by atoms with Crippen molar-refractivity contribution in [3.8, 4) is 0 Å². The Labute approximate surface area is 156 Å². The van der Waals surface area contributed by atoms with E-state index in [9.17, 15) is 5.11 Å². The molecule has 1 atom stereocenters. The minimum absolute atomic E-state index is 0.0307. The van der Waals surface area contributed by atoms with E-state index in [0.29, 0.717) is 0 Å². The molecule has 0 aliphatic rings. The van der Waals surface area contributed by atoms with Gasteiger partial charge in [-0.05, 0) is 16.7 Å². The molecule has 0 saturated heterocycles. The van der Waals surface area contributed by atoms with Gasteiger partial charge in [0, 0.05) is 13.1 Å². The second kappa shape index (κ2) is 9.71. The number of benzene rings is 3. The van der Waals surface area contributed by atoms with Crippen molar-refractivity contribution in [2.75, 3.05) is 13.2 Å².